The molecule has 3 rings (SSSR count). The minimum atomic E-state index is 0. The van der Waals surface area contributed by atoms with Gasteiger partial charge in [-0.05, 0) is 55.1 Å². The third kappa shape index (κ3) is 3.23. The summed E-state index contributed by atoms with van der Waals surface area (Å²) < 4.78 is 0. The third-order valence-electron chi connectivity index (χ3n) is 4.80. The number of fused-ring (bicyclic) bond motifs is 1. The van der Waals surface area contributed by atoms with Crippen LogP contribution >= 0.6 is 12.4 Å². The second kappa shape index (κ2) is 6.78. The molecule has 2 nitrogen and oxygen atoms in total. The topological polar surface area (TPSA) is 29.3 Å². The molecule has 114 valence electrons. The van der Waals surface area contributed by atoms with Crippen LogP contribution in [-0.4, -0.2) is 24.0 Å². The van der Waals surface area contributed by atoms with Crippen LogP contribution in [0.25, 0.3) is 10.8 Å². The standard InChI is InChI=1S/C18H24N2.ClH/c1-13-9-15(11-19)12-20(13)14(2)17-8-7-16-5-3-4-6-18(16)10-17;/h3-8,10,13-15H,9,11-12,19H2,1-2H3;1H. The summed E-state index contributed by atoms with van der Waals surface area (Å²) >= 11 is 0. The normalized spacial score (nSPS) is 24.0. The maximum atomic E-state index is 5.84. The smallest absolute Gasteiger partial charge is 0.0323 e. The Morgan fingerprint density at radius 2 is 1.90 bits per heavy atom. The molecule has 0 radical (unpaired) electrons. The molecule has 3 heteroatoms. The highest BCUT2D eigenvalue weighted by Gasteiger charge is 2.31. The van der Waals surface area contributed by atoms with E-state index in [9.17, 15) is 0 Å². The number of benzene rings is 2. The lowest BCUT2D eigenvalue weighted by atomic mass is 10.0. The van der Waals surface area contributed by atoms with Gasteiger partial charge in [0, 0.05) is 18.6 Å². The van der Waals surface area contributed by atoms with Gasteiger partial charge in [0.2, 0.25) is 0 Å². The van der Waals surface area contributed by atoms with Crippen molar-refractivity contribution in [3.63, 3.8) is 0 Å². The molecule has 3 atom stereocenters. The molecule has 0 bridgehead atoms. The second-order valence-electron chi connectivity index (χ2n) is 6.17. The Labute approximate surface area is 133 Å². The highest BCUT2D eigenvalue weighted by molar-refractivity contribution is 5.85. The Morgan fingerprint density at radius 3 is 2.57 bits per heavy atom. The third-order valence-corrected chi connectivity index (χ3v) is 4.80. The highest BCUT2D eigenvalue weighted by Crippen LogP contribution is 2.32. The number of hydrogen-bond donors (Lipinski definition) is 1. The van der Waals surface area contributed by atoms with E-state index in [0.717, 1.165) is 13.1 Å². The van der Waals surface area contributed by atoms with Crippen LogP contribution in [0.5, 0.6) is 0 Å². The van der Waals surface area contributed by atoms with Gasteiger partial charge in [0.25, 0.3) is 0 Å². The van der Waals surface area contributed by atoms with Crippen LogP contribution in [0.4, 0.5) is 0 Å². The van der Waals surface area contributed by atoms with Crippen molar-refractivity contribution in [3.05, 3.63) is 48.0 Å². The zero-order valence-electron chi connectivity index (χ0n) is 12.8. The molecule has 0 amide bonds. The van der Waals surface area contributed by atoms with Crippen molar-refractivity contribution in [1.82, 2.24) is 4.90 Å². The maximum absolute atomic E-state index is 5.84. The highest BCUT2D eigenvalue weighted by atomic mass is 35.5. The van der Waals surface area contributed by atoms with Crippen LogP contribution in [0.3, 0.4) is 0 Å². The first-order valence-corrected chi connectivity index (χ1v) is 7.63. The van der Waals surface area contributed by atoms with Crippen LogP contribution in [0.2, 0.25) is 0 Å². The molecular formula is C18H25ClN2. The molecular weight excluding hydrogens is 280 g/mol. The fourth-order valence-electron chi connectivity index (χ4n) is 3.54. The van der Waals surface area contributed by atoms with Crippen LogP contribution in [0, 0.1) is 5.92 Å². The number of nitrogens with two attached hydrogens (primary N) is 1. The Hall–Kier alpha value is -1.09. The lowest BCUT2D eigenvalue weighted by Gasteiger charge is -2.29. The number of likely N-dealkylation sites (tertiary alicyclic amines) is 1. The molecule has 1 aliphatic rings. The molecule has 0 saturated carbocycles. The predicted octanol–water partition coefficient (Wildman–Crippen LogP) is 3.99. The Bertz CT molecular complexity index is 599. The van der Waals surface area contributed by atoms with Gasteiger partial charge in [0.05, 0.1) is 0 Å². The van der Waals surface area contributed by atoms with Crippen LogP contribution in [0.15, 0.2) is 42.5 Å². The summed E-state index contributed by atoms with van der Waals surface area (Å²) in [5, 5.41) is 2.65. The maximum Gasteiger partial charge on any atom is 0.0323 e. The van der Waals surface area contributed by atoms with E-state index in [2.05, 4.69) is 61.2 Å². The average Bonchev–Trinajstić information content (AvgIpc) is 2.87. The van der Waals surface area contributed by atoms with Gasteiger partial charge >= 0.3 is 0 Å². The quantitative estimate of drug-likeness (QED) is 0.929. The summed E-state index contributed by atoms with van der Waals surface area (Å²) in [5.74, 6) is 0.660. The van der Waals surface area contributed by atoms with E-state index >= 15 is 0 Å². The van der Waals surface area contributed by atoms with Gasteiger partial charge in [-0.3, -0.25) is 4.90 Å². The molecule has 2 N–H and O–H groups in total. The molecule has 2 aromatic carbocycles. The monoisotopic (exact) mass is 304 g/mol. The molecule has 0 spiro atoms. The van der Waals surface area contributed by atoms with Crippen molar-refractivity contribution in [3.8, 4) is 0 Å². The molecule has 0 aromatic heterocycles. The molecule has 21 heavy (non-hydrogen) atoms. The molecule has 2 aromatic rings. The van der Waals surface area contributed by atoms with Crippen molar-refractivity contribution >= 4 is 23.2 Å². The number of rotatable bonds is 3. The predicted molar refractivity (Wildman–Crippen MR) is 92.9 cm³/mol. The zero-order valence-corrected chi connectivity index (χ0v) is 13.6. The van der Waals surface area contributed by atoms with Gasteiger partial charge in [0.1, 0.15) is 0 Å². The number of halogens is 1. The van der Waals surface area contributed by atoms with Gasteiger partial charge in [-0.1, -0.05) is 36.4 Å². The number of hydrogen-bond acceptors (Lipinski definition) is 2. The van der Waals surface area contributed by atoms with E-state index in [1.54, 1.807) is 0 Å². The molecule has 0 aliphatic carbocycles. The van der Waals surface area contributed by atoms with E-state index < -0.39 is 0 Å². The van der Waals surface area contributed by atoms with Gasteiger partial charge in [-0.25, -0.2) is 0 Å². The molecule has 1 saturated heterocycles. The van der Waals surface area contributed by atoms with Gasteiger partial charge in [-0.15, -0.1) is 12.4 Å². The molecule has 1 heterocycles. The first-order valence-electron chi connectivity index (χ1n) is 7.63. The fourth-order valence-corrected chi connectivity index (χ4v) is 3.54. The summed E-state index contributed by atoms with van der Waals surface area (Å²) in [5.41, 5.74) is 7.26. The van der Waals surface area contributed by atoms with Crippen molar-refractivity contribution in [2.75, 3.05) is 13.1 Å². The fraction of sp³-hybridized carbons (Fsp3) is 0.444. The SMILES string of the molecule is CC1CC(CN)CN1C(C)c1ccc2ccccc2c1.Cl. The van der Waals surface area contributed by atoms with Crippen LogP contribution in [-0.2, 0) is 0 Å². The molecule has 1 aliphatic heterocycles. The van der Waals surface area contributed by atoms with E-state index in [0.29, 0.717) is 18.0 Å². The van der Waals surface area contributed by atoms with Gasteiger partial charge in [0.15, 0.2) is 0 Å². The molecule has 1 fully saturated rings. The van der Waals surface area contributed by atoms with Crippen LogP contribution < -0.4 is 5.73 Å². The van der Waals surface area contributed by atoms with E-state index in [1.807, 2.05) is 0 Å². The van der Waals surface area contributed by atoms with Crippen molar-refractivity contribution < 1.29 is 0 Å². The van der Waals surface area contributed by atoms with Gasteiger partial charge < -0.3 is 5.73 Å². The van der Waals surface area contributed by atoms with Gasteiger partial charge in [-0.2, -0.15) is 0 Å². The van der Waals surface area contributed by atoms with E-state index in [-0.39, 0.29) is 12.4 Å². The summed E-state index contributed by atoms with van der Waals surface area (Å²) in [6.45, 7) is 6.59. The molecule has 3 unspecified atom stereocenters. The number of nitrogens with zero attached hydrogens (tertiary/aromatic N) is 1. The summed E-state index contributed by atoms with van der Waals surface area (Å²) in [6, 6.07) is 16.5. The van der Waals surface area contributed by atoms with Crippen molar-refractivity contribution in [1.29, 1.82) is 0 Å². The van der Waals surface area contributed by atoms with Crippen molar-refractivity contribution in [2.45, 2.75) is 32.4 Å². The Kier molecular flexibility index (Phi) is 5.26. The van der Waals surface area contributed by atoms with E-state index in [4.69, 9.17) is 5.73 Å². The van der Waals surface area contributed by atoms with Crippen molar-refractivity contribution in [2.24, 2.45) is 11.7 Å². The minimum absolute atomic E-state index is 0. The lowest BCUT2D eigenvalue weighted by molar-refractivity contribution is 0.201. The Balaban J connectivity index is 0.00000161. The summed E-state index contributed by atoms with van der Waals surface area (Å²) in [4.78, 5) is 2.60. The Morgan fingerprint density at radius 1 is 1.19 bits per heavy atom. The van der Waals surface area contributed by atoms with E-state index in [1.165, 1.54) is 22.8 Å². The lowest BCUT2D eigenvalue weighted by Crippen LogP contribution is -2.30. The van der Waals surface area contributed by atoms with Crippen LogP contribution in [0.1, 0.15) is 31.9 Å². The first-order chi connectivity index (χ1) is 9.69. The zero-order chi connectivity index (χ0) is 14.1. The summed E-state index contributed by atoms with van der Waals surface area (Å²) in [7, 11) is 0. The summed E-state index contributed by atoms with van der Waals surface area (Å²) in [6.07, 6.45) is 1.23. The second-order valence-corrected chi connectivity index (χ2v) is 6.17. The first kappa shape index (κ1) is 16.3. The largest absolute Gasteiger partial charge is 0.330 e. The average molecular weight is 305 g/mol. The minimum Gasteiger partial charge on any atom is -0.330 e.